The first-order valence-corrected chi connectivity index (χ1v) is 15.6. The molecular weight excluding hydrogens is 612 g/mol. The van der Waals surface area contributed by atoms with Crippen LogP contribution in [-0.2, 0) is 25.5 Å². The lowest BCUT2D eigenvalue weighted by Crippen LogP contribution is -2.54. The van der Waals surface area contributed by atoms with Crippen molar-refractivity contribution in [2.45, 2.75) is 70.4 Å². The molecule has 45 heavy (non-hydrogen) atoms. The molecule has 0 aromatic heterocycles. The van der Waals surface area contributed by atoms with E-state index >= 15 is 0 Å². The Bertz CT molecular complexity index is 1380. The van der Waals surface area contributed by atoms with Crippen LogP contribution in [0.1, 0.15) is 62.6 Å². The Morgan fingerprint density at radius 2 is 1.98 bits per heavy atom. The molecule has 248 valence electrons. The number of hydrogen-bond donors (Lipinski definition) is 3. The Kier molecular flexibility index (Phi) is 9.27. The molecule has 4 atom stereocenters. The van der Waals surface area contributed by atoms with Gasteiger partial charge in [0, 0.05) is 43.7 Å². The summed E-state index contributed by atoms with van der Waals surface area (Å²) < 4.78 is 38.5. The zero-order chi connectivity index (χ0) is 32.8. The number of fused-ring (bicyclic) bond motifs is 1. The van der Waals surface area contributed by atoms with E-state index in [1.165, 1.54) is 14.2 Å². The first-order chi connectivity index (χ1) is 21.2. The van der Waals surface area contributed by atoms with E-state index in [0.29, 0.717) is 42.0 Å². The Balaban J connectivity index is 1.55. The minimum absolute atomic E-state index is 0.0104. The third-order valence-corrected chi connectivity index (χ3v) is 10.5. The summed E-state index contributed by atoms with van der Waals surface area (Å²) in [5.41, 5.74) is 5.21. The fourth-order valence-corrected chi connectivity index (χ4v) is 7.58. The van der Waals surface area contributed by atoms with E-state index in [4.69, 9.17) is 32.7 Å². The minimum Gasteiger partial charge on any atom is -0.487 e. The molecule has 0 radical (unpaired) electrons. The van der Waals surface area contributed by atoms with Gasteiger partial charge in [-0.05, 0) is 68.6 Å². The summed E-state index contributed by atoms with van der Waals surface area (Å²) in [4.78, 5) is 44.2. The van der Waals surface area contributed by atoms with Gasteiger partial charge in [-0.1, -0.05) is 11.6 Å². The van der Waals surface area contributed by atoms with Crippen LogP contribution in [0.4, 0.5) is 8.78 Å². The minimum atomic E-state index is -2.94. The maximum absolute atomic E-state index is 14.6. The molecule has 5 rings (SSSR count). The number of aliphatic hydroxyl groups excluding tert-OH is 1. The Labute approximate surface area is 266 Å². The molecular formula is C31H42ClF2N5O6. The van der Waals surface area contributed by atoms with E-state index in [2.05, 4.69) is 0 Å². The van der Waals surface area contributed by atoms with E-state index in [1.54, 1.807) is 28.9 Å². The highest BCUT2D eigenvalue weighted by atomic mass is 35.5. The molecule has 4 aliphatic rings. The maximum atomic E-state index is 14.6. The number of allylic oxidation sites excluding steroid dienone is 1. The SMILES string of the molecule is COC(=O)[C@@]1(C)CC[C@@H](O)C[C@H]1C(=O)N1CCc2c(Cl)ccc(OC/C(N)=C(\C(F)F)N(C)N)c2C1CN1CC2(CC2)CC1=O. The van der Waals surface area contributed by atoms with Crippen molar-refractivity contribution in [3.8, 4) is 5.75 Å². The van der Waals surface area contributed by atoms with Gasteiger partial charge in [0.1, 0.15) is 18.1 Å². The number of aliphatic hydroxyl groups is 1. The van der Waals surface area contributed by atoms with E-state index in [-0.39, 0.29) is 54.6 Å². The van der Waals surface area contributed by atoms with Gasteiger partial charge in [0.15, 0.2) is 0 Å². The van der Waals surface area contributed by atoms with Crippen LogP contribution in [0, 0.1) is 16.7 Å². The number of ether oxygens (including phenoxy) is 2. The van der Waals surface area contributed by atoms with Crippen molar-refractivity contribution >= 4 is 29.4 Å². The van der Waals surface area contributed by atoms with Crippen LogP contribution in [0.2, 0.25) is 5.02 Å². The number of alkyl halides is 2. The maximum Gasteiger partial charge on any atom is 0.312 e. The third-order valence-electron chi connectivity index (χ3n) is 10.1. The number of esters is 1. The third kappa shape index (κ3) is 6.31. The summed E-state index contributed by atoms with van der Waals surface area (Å²) in [6, 6.07) is 2.51. The molecule has 0 bridgehead atoms. The summed E-state index contributed by atoms with van der Waals surface area (Å²) in [6.45, 7) is 2.23. The number of carbonyl (C=O) groups excluding carboxylic acids is 3. The molecule has 1 spiro atoms. The molecule has 2 aliphatic carbocycles. The largest absolute Gasteiger partial charge is 0.487 e. The molecule has 14 heteroatoms. The zero-order valence-corrected chi connectivity index (χ0v) is 26.6. The van der Waals surface area contributed by atoms with Gasteiger partial charge in [-0.2, -0.15) is 0 Å². The van der Waals surface area contributed by atoms with Crippen LogP contribution in [0.3, 0.4) is 0 Å². The van der Waals surface area contributed by atoms with Crippen LogP contribution in [0.15, 0.2) is 23.5 Å². The molecule has 1 saturated heterocycles. The number of likely N-dealkylation sites (tertiary alicyclic amines) is 1. The average molecular weight is 654 g/mol. The molecule has 2 heterocycles. The Morgan fingerprint density at radius 1 is 1.27 bits per heavy atom. The standard InChI is InChI=1S/C31H42ClF2N5O6/c1-30(29(43)44-3)8-6-17(40)12-19(30)28(42)39-11-7-18-20(32)4-5-23(45-15-21(35)26(27(33)34)37(2)36)25(18)22(39)14-38-16-31(9-10-31)13-24(38)41/h4-5,17,19,22,27,40H,6-16,35-36H2,1-3H3/b26-21-/t17-,19+,22?,30+/m1/s1. The van der Waals surface area contributed by atoms with Crippen LogP contribution in [-0.4, -0.2) is 90.6 Å². The first-order valence-electron chi connectivity index (χ1n) is 15.2. The van der Waals surface area contributed by atoms with Crippen molar-refractivity contribution in [1.29, 1.82) is 0 Å². The number of nitrogens with two attached hydrogens (primary N) is 2. The average Bonchev–Trinajstić information content (AvgIpc) is 3.67. The van der Waals surface area contributed by atoms with Crippen LogP contribution < -0.4 is 16.3 Å². The summed E-state index contributed by atoms with van der Waals surface area (Å²) in [5, 5.41) is 11.8. The van der Waals surface area contributed by atoms with Crippen molar-refractivity contribution in [2.24, 2.45) is 28.3 Å². The molecule has 2 aliphatic heterocycles. The summed E-state index contributed by atoms with van der Waals surface area (Å²) >= 11 is 6.69. The second-order valence-corrected chi connectivity index (χ2v) is 13.6. The number of benzene rings is 1. The Morgan fingerprint density at radius 3 is 2.58 bits per heavy atom. The number of amides is 2. The number of halogens is 3. The summed E-state index contributed by atoms with van der Waals surface area (Å²) in [5.74, 6) is 4.10. The predicted molar refractivity (Wildman–Crippen MR) is 161 cm³/mol. The molecule has 5 N–H and O–H groups in total. The number of carbonyl (C=O) groups is 3. The van der Waals surface area contributed by atoms with E-state index < -0.39 is 48.2 Å². The van der Waals surface area contributed by atoms with Gasteiger partial charge in [-0.3, -0.25) is 14.4 Å². The van der Waals surface area contributed by atoms with E-state index in [9.17, 15) is 28.3 Å². The molecule has 2 amide bonds. The number of hydrogen-bond acceptors (Lipinski definition) is 9. The smallest absolute Gasteiger partial charge is 0.312 e. The van der Waals surface area contributed by atoms with Crippen molar-refractivity contribution < 1.29 is 37.7 Å². The predicted octanol–water partition coefficient (Wildman–Crippen LogP) is 2.74. The van der Waals surface area contributed by atoms with Crippen molar-refractivity contribution in [2.75, 3.05) is 40.4 Å². The zero-order valence-electron chi connectivity index (χ0n) is 25.9. The lowest BCUT2D eigenvalue weighted by molar-refractivity contribution is -0.168. The van der Waals surface area contributed by atoms with Gasteiger partial charge < -0.3 is 35.1 Å². The van der Waals surface area contributed by atoms with Crippen LogP contribution in [0.5, 0.6) is 5.75 Å². The van der Waals surface area contributed by atoms with Gasteiger partial charge in [-0.15, -0.1) is 0 Å². The van der Waals surface area contributed by atoms with Gasteiger partial charge >= 0.3 is 5.97 Å². The van der Waals surface area contributed by atoms with Gasteiger partial charge in [0.2, 0.25) is 11.8 Å². The fraction of sp³-hybridized carbons (Fsp3) is 0.645. The topological polar surface area (TPSA) is 152 Å². The number of rotatable bonds is 9. The summed E-state index contributed by atoms with van der Waals surface area (Å²) in [6.07, 6.45) is -0.289. The Hall–Kier alpha value is -3.16. The lowest BCUT2D eigenvalue weighted by Gasteiger charge is -2.46. The molecule has 1 aromatic carbocycles. The second-order valence-electron chi connectivity index (χ2n) is 13.2. The van der Waals surface area contributed by atoms with Gasteiger partial charge in [0.05, 0.1) is 36.3 Å². The van der Waals surface area contributed by atoms with E-state index in [0.717, 1.165) is 17.9 Å². The fourth-order valence-electron chi connectivity index (χ4n) is 7.32. The number of methoxy groups -OCH3 is 1. The monoisotopic (exact) mass is 653 g/mol. The van der Waals surface area contributed by atoms with Crippen molar-refractivity contribution in [3.05, 3.63) is 39.7 Å². The van der Waals surface area contributed by atoms with Crippen molar-refractivity contribution in [3.63, 3.8) is 0 Å². The van der Waals surface area contributed by atoms with Gasteiger partial charge in [0.25, 0.3) is 6.43 Å². The second kappa shape index (κ2) is 12.6. The molecule has 2 saturated carbocycles. The number of nitrogens with zero attached hydrogens (tertiary/aromatic N) is 3. The quantitative estimate of drug-likeness (QED) is 0.208. The highest BCUT2D eigenvalue weighted by Crippen LogP contribution is 2.54. The number of hydrazine groups is 1. The van der Waals surface area contributed by atoms with Gasteiger partial charge in [-0.25, -0.2) is 14.6 Å². The highest BCUT2D eigenvalue weighted by molar-refractivity contribution is 6.31. The lowest BCUT2D eigenvalue weighted by atomic mass is 9.65. The molecule has 3 fully saturated rings. The van der Waals surface area contributed by atoms with Crippen molar-refractivity contribution in [1.82, 2.24) is 14.8 Å². The summed E-state index contributed by atoms with van der Waals surface area (Å²) in [7, 11) is 2.53. The molecule has 1 aromatic rings. The molecule has 11 nitrogen and oxygen atoms in total. The normalized spacial score (nSPS) is 27.8. The highest BCUT2D eigenvalue weighted by Gasteiger charge is 2.54. The first kappa shape index (κ1) is 33.2. The molecule has 1 unspecified atom stereocenters. The van der Waals surface area contributed by atoms with Crippen LogP contribution in [0.25, 0.3) is 0 Å². The van der Waals surface area contributed by atoms with Crippen LogP contribution >= 0.6 is 11.6 Å². The van der Waals surface area contributed by atoms with E-state index in [1.807, 2.05) is 0 Å².